The van der Waals surface area contributed by atoms with Gasteiger partial charge in [0, 0.05) is 35.5 Å². The lowest BCUT2D eigenvalue weighted by Gasteiger charge is -2.31. The van der Waals surface area contributed by atoms with Crippen LogP contribution in [-0.2, 0) is 39.5 Å². The van der Waals surface area contributed by atoms with Gasteiger partial charge in [-0.1, -0.05) is 6.92 Å². The van der Waals surface area contributed by atoms with Crippen LogP contribution in [0.1, 0.15) is 65.6 Å². The Morgan fingerprint density at radius 2 is 2.05 bits per heavy atom. The van der Waals surface area contributed by atoms with Gasteiger partial charge in [-0.2, -0.15) is 0 Å². The van der Waals surface area contributed by atoms with Gasteiger partial charge in [0.1, 0.15) is 12.4 Å². The molecule has 0 radical (unpaired) electrons. The van der Waals surface area contributed by atoms with E-state index in [1.165, 1.54) is 10.6 Å². The number of hydrogen-bond donors (Lipinski definition) is 3. The minimum absolute atomic E-state index is 0.0190. The molecular formula is C29H27F3N4O5. The highest BCUT2D eigenvalue weighted by molar-refractivity contribution is 5.94. The summed E-state index contributed by atoms with van der Waals surface area (Å²) in [5.41, 5.74) is 1.22. The third-order valence-electron chi connectivity index (χ3n) is 9.19. The second kappa shape index (κ2) is 8.62. The Morgan fingerprint density at radius 3 is 2.76 bits per heavy atom. The number of hydrogen-bond acceptors (Lipinski definition) is 7. The van der Waals surface area contributed by atoms with Gasteiger partial charge in [-0.25, -0.2) is 22.9 Å². The van der Waals surface area contributed by atoms with E-state index in [1.54, 1.807) is 19.9 Å². The van der Waals surface area contributed by atoms with Crippen LogP contribution in [0.5, 0.6) is 0 Å². The Morgan fingerprint density at radius 1 is 1.27 bits per heavy atom. The van der Waals surface area contributed by atoms with E-state index in [0.29, 0.717) is 51.8 Å². The van der Waals surface area contributed by atoms with Crippen LogP contribution in [0.4, 0.5) is 13.2 Å². The SMILES string of the molecule is CC[C@@]1(O)C(=O)OCc2c1cc1n(c2=O)Cc2c-1nc1cc(F)c(C)c3c1c2[C@@H](NC(=O)[C@@H]1NCCC1(F)F)CC3. The van der Waals surface area contributed by atoms with Gasteiger partial charge in [-0.15, -0.1) is 0 Å². The lowest BCUT2D eigenvalue weighted by atomic mass is 9.81. The molecule has 1 amide bonds. The fourth-order valence-electron chi connectivity index (χ4n) is 6.92. The number of pyridine rings is 2. The molecule has 41 heavy (non-hydrogen) atoms. The Kier molecular flexibility index (Phi) is 5.50. The maximum atomic E-state index is 15.0. The second-order valence-electron chi connectivity index (χ2n) is 11.3. The standard InChI is InChI=1S/C29H27F3N4O5/c1-3-28(40)16-8-20-23-14(10-36(20)26(38)15(16)11-41-27(28)39)22-18(35-25(37)24-29(31,32)6-7-33-24)5-4-13-12(2)17(30)9-19(34-23)21(13)22/h8-9,18,24,33,40H,3-7,10-11H2,1-2H3,(H,35,37)/t18-,24-,28-/m0/s1. The third-order valence-corrected chi connectivity index (χ3v) is 9.19. The zero-order valence-electron chi connectivity index (χ0n) is 22.4. The fourth-order valence-corrected chi connectivity index (χ4v) is 6.92. The Hall–Kier alpha value is -3.77. The number of rotatable bonds is 3. The summed E-state index contributed by atoms with van der Waals surface area (Å²) in [6.07, 6.45) is 0.279. The molecular weight excluding hydrogens is 541 g/mol. The van der Waals surface area contributed by atoms with E-state index in [9.17, 15) is 28.3 Å². The monoisotopic (exact) mass is 568 g/mol. The van der Waals surface area contributed by atoms with Crippen molar-refractivity contribution in [1.82, 2.24) is 20.2 Å². The number of ether oxygens (including phenoxy) is 1. The molecule has 2 aromatic heterocycles. The molecule has 214 valence electrons. The zero-order valence-corrected chi connectivity index (χ0v) is 22.4. The van der Waals surface area contributed by atoms with E-state index in [0.717, 1.165) is 5.56 Å². The number of aromatic nitrogens is 2. The summed E-state index contributed by atoms with van der Waals surface area (Å²) in [5, 5.41) is 17.2. The molecule has 1 aliphatic carbocycles. The number of benzene rings is 1. The van der Waals surface area contributed by atoms with Crippen molar-refractivity contribution in [1.29, 1.82) is 0 Å². The number of carbonyl (C=O) groups excluding carboxylic acids is 2. The first-order valence-corrected chi connectivity index (χ1v) is 13.7. The first kappa shape index (κ1) is 26.1. The molecule has 1 saturated heterocycles. The molecule has 3 aliphatic heterocycles. The summed E-state index contributed by atoms with van der Waals surface area (Å²) >= 11 is 0. The van der Waals surface area contributed by atoms with Crippen molar-refractivity contribution in [3.05, 3.63) is 61.7 Å². The Balaban J connectivity index is 1.44. The van der Waals surface area contributed by atoms with Gasteiger partial charge in [0.25, 0.3) is 11.5 Å². The lowest BCUT2D eigenvalue weighted by Crippen LogP contribution is -2.50. The van der Waals surface area contributed by atoms with Crippen LogP contribution >= 0.6 is 0 Å². The van der Waals surface area contributed by atoms with Crippen LogP contribution < -0.4 is 16.2 Å². The van der Waals surface area contributed by atoms with Crippen molar-refractivity contribution in [3.8, 4) is 11.4 Å². The van der Waals surface area contributed by atoms with Gasteiger partial charge < -0.3 is 25.0 Å². The van der Waals surface area contributed by atoms with Crippen LogP contribution in [0.25, 0.3) is 22.3 Å². The van der Waals surface area contributed by atoms with Crippen molar-refractivity contribution in [2.45, 2.75) is 76.3 Å². The largest absolute Gasteiger partial charge is 0.458 e. The Labute approximate surface area is 231 Å². The number of nitrogens with zero attached hydrogens (tertiary/aromatic N) is 2. The van der Waals surface area contributed by atoms with Gasteiger partial charge in [0.15, 0.2) is 11.6 Å². The van der Waals surface area contributed by atoms with Gasteiger partial charge in [0.2, 0.25) is 5.91 Å². The predicted octanol–water partition coefficient (Wildman–Crippen LogP) is 2.63. The van der Waals surface area contributed by atoms with E-state index in [1.807, 2.05) is 0 Å². The normalized spacial score (nSPS) is 25.5. The predicted molar refractivity (Wildman–Crippen MR) is 140 cm³/mol. The van der Waals surface area contributed by atoms with Crippen LogP contribution in [0, 0.1) is 12.7 Å². The molecule has 5 heterocycles. The van der Waals surface area contributed by atoms with Crippen molar-refractivity contribution < 1.29 is 32.6 Å². The number of aliphatic hydroxyl groups is 1. The van der Waals surface area contributed by atoms with Crippen LogP contribution in [0.3, 0.4) is 0 Å². The smallest absolute Gasteiger partial charge is 0.343 e. The summed E-state index contributed by atoms with van der Waals surface area (Å²) in [6, 6.07) is 0.505. The van der Waals surface area contributed by atoms with Crippen molar-refractivity contribution in [2.24, 2.45) is 0 Å². The van der Waals surface area contributed by atoms with Gasteiger partial charge in [0.05, 0.1) is 35.1 Å². The number of halogens is 3. The number of amides is 1. The maximum Gasteiger partial charge on any atom is 0.343 e. The minimum Gasteiger partial charge on any atom is -0.458 e. The zero-order chi connectivity index (χ0) is 29.0. The highest BCUT2D eigenvalue weighted by atomic mass is 19.3. The molecule has 3 aromatic rings. The molecule has 0 bridgehead atoms. The van der Waals surface area contributed by atoms with Crippen LogP contribution in [0.2, 0.25) is 0 Å². The topological polar surface area (TPSA) is 123 Å². The van der Waals surface area contributed by atoms with Gasteiger partial charge >= 0.3 is 5.97 Å². The van der Waals surface area contributed by atoms with Gasteiger partial charge in [-0.05, 0) is 48.9 Å². The van der Waals surface area contributed by atoms with E-state index in [4.69, 9.17) is 9.72 Å². The van der Waals surface area contributed by atoms with Crippen molar-refractivity contribution in [2.75, 3.05) is 6.54 Å². The van der Waals surface area contributed by atoms with Crippen LogP contribution in [0.15, 0.2) is 16.9 Å². The molecule has 0 spiro atoms. The summed E-state index contributed by atoms with van der Waals surface area (Å²) < 4.78 is 50.5. The quantitative estimate of drug-likeness (QED) is 0.325. The molecule has 0 saturated carbocycles. The summed E-state index contributed by atoms with van der Waals surface area (Å²) in [4.78, 5) is 44.1. The lowest BCUT2D eigenvalue weighted by molar-refractivity contribution is -0.172. The van der Waals surface area contributed by atoms with E-state index in [2.05, 4.69) is 10.6 Å². The number of alkyl halides is 2. The minimum atomic E-state index is -3.19. The number of fused-ring (bicyclic) bond motifs is 5. The highest BCUT2D eigenvalue weighted by Gasteiger charge is 2.49. The highest BCUT2D eigenvalue weighted by Crippen LogP contribution is 2.46. The van der Waals surface area contributed by atoms with E-state index >= 15 is 4.39 Å². The average molecular weight is 569 g/mol. The molecule has 0 unspecified atom stereocenters. The molecule has 3 atom stereocenters. The Bertz CT molecular complexity index is 1770. The van der Waals surface area contributed by atoms with Crippen molar-refractivity contribution >= 4 is 22.8 Å². The van der Waals surface area contributed by atoms with Crippen LogP contribution in [-0.4, -0.2) is 45.0 Å². The van der Waals surface area contributed by atoms with Crippen molar-refractivity contribution in [3.63, 3.8) is 0 Å². The maximum absolute atomic E-state index is 15.0. The average Bonchev–Trinajstić information content (AvgIpc) is 3.49. The third kappa shape index (κ3) is 3.49. The molecule has 7 rings (SSSR count). The number of esters is 1. The summed E-state index contributed by atoms with van der Waals surface area (Å²) in [7, 11) is 0. The van der Waals surface area contributed by atoms with E-state index < -0.39 is 53.3 Å². The first-order valence-electron chi connectivity index (χ1n) is 13.7. The summed E-state index contributed by atoms with van der Waals surface area (Å²) in [6.45, 7) is 3.06. The summed E-state index contributed by atoms with van der Waals surface area (Å²) in [5.74, 6) is -5.32. The molecule has 3 N–H and O–H groups in total. The number of carbonyl (C=O) groups is 2. The molecule has 1 aromatic carbocycles. The fraction of sp³-hybridized carbons (Fsp3) is 0.448. The molecule has 4 aliphatic rings. The molecule has 1 fully saturated rings. The first-order chi connectivity index (χ1) is 19.5. The number of cyclic esters (lactones) is 1. The number of aryl methyl sites for hydroxylation is 1. The van der Waals surface area contributed by atoms with E-state index in [-0.39, 0.29) is 37.2 Å². The molecule has 9 nitrogen and oxygen atoms in total. The van der Waals surface area contributed by atoms with Gasteiger partial charge in [-0.3, -0.25) is 9.59 Å². The second-order valence-corrected chi connectivity index (χ2v) is 11.3. The number of nitrogens with one attached hydrogen (secondary N) is 2. The molecule has 12 heteroatoms.